The van der Waals surface area contributed by atoms with Gasteiger partial charge in [-0.1, -0.05) is 31.2 Å². The zero-order chi connectivity index (χ0) is 16.9. The molecule has 1 aliphatic rings. The SMILES string of the molecule is CCc1ccccc1NC(=O)C(=O)NCc1ccc2c(c1)OCO2. The molecule has 2 N–H and O–H groups in total. The monoisotopic (exact) mass is 326 g/mol. The van der Waals surface area contributed by atoms with Gasteiger partial charge in [0.25, 0.3) is 0 Å². The summed E-state index contributed by atoms with van der Waals surface area (Å²) in [7, 11) is 0. The number of aryl methyl sites for hydroxylation is 1. The molecule has 1 aliphatic heterocycles. The van der Waals surface area contributed by atoms with Gasteiger partial charge in [-0.2, -0.15) is 0 Å². The molecule has 2 amide bonds. The zero-order valence-corrected chi connectivity index (χ0v) is 13.3. The maximum Gasteiger partial charge on any atom is 0.313 e. The van der Waals surface area contributed by atoms with Crippen LogP contribution in [-0.2, 0) is 22.6 Å². The third-order valence-corrected chi connectivity index (χ3v) is 3.74. The Balaban J connectivity index is 1.57. The lowest BCUT2D eigenvalue weighted by Gasteiger charge is -2.10. The standard InChI is InChI=1S/C18H18N2O4/c1-2-13-5-3-4-6-14(13)20-18(22)17(21)19-10-12-7-8-15-16(9-12)24-11-23-15/h3-9H,2,10-11H2,1H3,(H,19,21)(H,20,22). The van der Waals surface area contributed by atoms with Crippen LogP contribution in [0.25, 0.3) is 0 Å². The molecule has 0 spiro atoms. The highest BCUT2D eigenvalue weighted by Gasteiger charge is 2.16. The van der Waals surface area contributed by atoms with Crippen molar-refractivity contribution < 1.29 is 19.1 Å². The summed E-state index contributed by atoms with van der Waals surface area (Å²) in [6.45, 7) is 2.42. The Morgan fingerprint density at radius 2 is 1.83 bits per heavy atom. The van der Waals surface area contributed by atoms with Gasteiger partial charge in [-0.15, -0.1) is 0 Å². The number of para-hydroxylation sites is 1. The molecule has 2 aromatic carbocycles. The van der Waals surface area contributed by atoms with E-state index in [1.165, 1.54) is 0 Å². The number of ether oxygens (including phenoxy) is 2. The number of fused-ring (bicyclic) bond motifs is 1. The fraction of sp³-hybridized carbons (Fsp3) is 0.222. The Morgan fingerprint density at radius 1 is 1.04 bits per heavy atom. The lowest BCUT2D eigenvalue weighted by molar-refractivity contribution is -0.136. The van der Waals surface area contributed by atoms with Gasteiger partial charge < -0.3 is 20.1 Å². The summed E-state index contributed by atoms with van der Waals surface area (Å²) in [5.41, 5.74) is 2.46. The predicted octanol–water partition coefficient (Wildman–Crippen LogP) is 2.23. The van der Waals surface area contributed by atoms with Crippen molar-refractivity contribution in [2.24, 2.45) is 0 Å². The number of carbonyl (C=O) groups excluding carboxylic acids is 2. The zero-order valence-electron chi connectivity index (χ0n) is 13.3. The molecule has 6 nitrogen and oxygen atoms in total. The second kappa shape index (κ2) is 7.04. The van der Waals surface area contributed by atoms with Crippen molar-refractivity contribution >= 4 is 17.5 Å². The van der Waals surface area contributed by atoms with Crippen LogP contribution < -0.4 is 20.1 Å². The summed E-state index contributed by atoms with van der Waals surface area (Å²) in [4.78, 5) is 24.0. The first kappa shape index (κ1) is 15.9. The minimum Gasteiger partial charge on any atom is -0.454 e. The van der Waals surface area contributed by atoms with E-state index in [1.807, 2.05) is 31.2 Å². The Morgan fingerprint density at radius 3 is 2.67 bits per heavy atom. The fourth-order valence-corrected chi connectivity index (χ4v) is 2.44. The first-order chi connectivity index (χ1) is 11.7. The molecule has 24 heavy (non-hydrogen) atoms. The molecular weight excluding hydrogens is 308 g/mol. The van der Waals surface area contributed by atoms with Gasteiger partial charge in [0.15, 0.2) is 11.5 Å². The van der Waals surface area contributed by atoms with Gasteiger partial charge in [0, 0.05) is 12.2 Å². The molecule has 1 heterocycles. The van der Waals surface area contributed by atoms with Crippen molar-refractivity contribution in [3.05, 3.63) is 53.6 Å². The van der Waals surface area contributed by atoms with E-state index in [0.29, 0.717) is 17.2 Å². The van der Waals surface area contributed by atoms with Crippen LogP contribution in [0.4, 0.5) is 5.69 Å². The minimum absolute atomic E-state index is 0.199. The van der Waals surface area contributed by atoms with Gasteiger partial charge >= 0.3 is 11.8 Å². The van der Waals surface area contributed by atoms with E-state index in [0.717, 1.165) is 17.5 Å². The molecule has 0 unspecified atom stereocenters. The van der Waals surface area contributed by atoms with E-state index >= 15 is 0 Å². The number of rotatable bonds is 4. The van der Waals surface area contributed by atoms with Crippen LogP contribution in [0.2, 0.25) is 0 Å². The van der Waals surface area contributed by atoms with Gasteiger partial charge in [0.1, 0.15) is 0 Å². The Labute approximate surface area is 139 Å². The number of anilines is 1. The molecule has 3 rings (SSSR count). The van der Waals surface area contributed by atoms with E-state index < -0.39 is 11.8 Å². The van der Waals surface area contributed by atoms with Crippen molar-refractivity contribution in [1.82, 2.24) is 5.32 Å². The van der Waals surface area contributed by atoms with E-state index in [1.54, 1.807) is 18.2 Å². The molecule has 0 aliphatic carbocycles. The highest BCUT2D eigenvalue weighted by molar-refractivity contribution is 6.39. The van der Waals surface area contributed by atoms with Crippen LogP contribution in [-0.4, -0.2) is 18.6 Å². The molecule has 6 heteroatoms. The van der Waals surface area contributed by atoms with Gasteiger partial charge in [0.05, 0.1) is 0 Å². The Hall–Kier alpha value is -3.02. The number of amides is 2. The van der Waals surface area contributed by atoms with Crippen molar-refractivity contribution in [2.75, 3.05) is 12.1 Å². The second-order valence-corrected chi connectivity index (χ2v) is 5.34. The van der Waals surface area contributed by atoms with Crippen molar-refractivity contribution in [2.45, 2.75) is 19.9 Å². The Kier molecular flexibility index (Phi) is 4.65. The maximum atomic E-state index is 12.0. The van der Waals surface area contributed by atoms with Gasteiger partial charge in [0.2, 0.25) is 6.79 Å². The molecule has 124 valence electrons. The molecule has 2 aromatic rings. The van der Waals surface area contributed by atoms with Crippen LogP contribution >= 0.6 is 0 Å². The topological polar surface area (TPSA) is 76.7 Å². The first-order valence-electron chi connectivity index (χ1n) is 7.73. The smallest absolute Gasteiger partial charge is 0.313 e. The molecular formula is C18H18N2O4. The van der Waals surface area contributed by atoms with Crippen LogP contribution in [0.1, 0.15) is 18.1 Å². The third kappa shape index (κ3) is 3.48. The number of hydrogen-bond acceptors (Lipinski definition) is 4. The summed E-state index contributed by atoms with van der Waals surface area (Å²) >= 11 is 0. The van der Waals surface area contributed by atoms with E-state index in [-0.39, 0.29) is 13.3 Å². The van der Waals surface area contributed by atoms with E-state index in [9.17, 15) is 9.59 Å². The summed E-state index contributed by atoms with van der Waals surface area (Å²) in [6.07, 6.45) is 0.773. The molecule has 0 atom stereocenters. The van der Waals surface area contributed by atoms with Crippen LogP contribution in [0.15, 0.2) is 42.5 Å². The fourth-order valence-electron chi connectivity index (χ4n) is 2.44. The van der Waals surface area contributed by atoms with Gasteiger partial charge in [-0.25, -0.2) is 0 Å². The Bertz CT molecular complexity index is 773. The highest BCUT2D eigenvalue weighted by Crippen LogP contribution is 2.32. The second-order valence-electron chi connectivity index (χ2n) is 5.34. The third-order valence-electron chi connectivity index (χ3n) is 3.74. The number of nitrogens with one attached hydrogen (secondary N) is 2. The maximum absolute atomic E-state index is 12.0. The number of carbonyl (C=O) groups is 2. The highest BCUT2D eigenvalue weighted by atomic mass is 16.7. The van der Waals surface area contributed by atoms with Crippen molar-refractivity contribution in [1.29, 1.82) is 0 Å². The van der Waals surface area contributed by atoms with Crippen molar-refractivity contribution in [3.8, 4) is 11.5 Å². The summed E-state index contributed by atoms with van der Waals surface area (Å²) in [5.74, 6) is -0.0442. The largest absolute Gasteiger partial charge is 0.454 e. The predicted molar refractivity (Wildman–Crippen MR) is 88.9 cm³/mol. The normalized spacial score (nSPS) is 11.9. The lowest BCUT2D eigenvalue weighted by atomic mass is 10.1. The molecule has 0 bridgehead atoms. The summed E-state index contributed by atoms with van der Waals surface area (Å²) < 4.78 is 10.5. The minimum atomic E-state index is -0.684. The summed E-state index contributed by atoms with van der Waals surface area (Å²) in [5, 5.41) is 5.24. The lowest BCUT2D eigenvalue weighted by Crippen LogP contribution is -2.35. The molecule has 0 saturated heterocycles. The first-order valence-corrected chi connectivity index (χ1v) is 7.73. The number of benzene rings is 2. The average molecular weight is 326 g/mol. The number of hydrogen-bond donors (Lipinski definition) is 2. The van der Waals surface area contributed by atoms with Crippen LogP contribution in [0.5, 0.6) is 11.5 Å². The van der Waals surface area contributed by atoms with Gasteiger partial charge in [-0.3, -0.25) is 9.59 Å². The van der Waals surface area contributed by atoms with E-state index in [2.05, 4.69) is 10.6 Å². The quantitative estimate of drug-likeness (QED) is 0.845. The molecule has 0 saturated carbocycles. The van der Waals surface area contributed by atoms with E-state index in [4.69, 9.17) is 9.47 Å². The molecule has 0 radical (unpaired) electrons. The van der Waals surface area contributed by atoms with Crippen LogP contribution in [0, 0.1) is 0 Å². The van der Waals surface area contributed by atoms with Crippen LogP contribution in [0.3, 0.4) is 0 Å². The molecule has 0 aromatic heterocycles. The van der Waals surface area contributed by atoms with Gasteiger partial charge in [-0.05, 0) is 35.7 Å². The van der Waals surface area contributed by atoms with Crippen molar-refractivity contribution in [3.63, 3.8) is 0 Å². The average Bonchev–Trinajstić information content (AvgIpc) is 3.07. The molecule has 0 fully saturated rings. The summed E-state index contributed by atoms with van der Waals surface area (Å²) in [6, 6.07) is 12.8.